The molecule has 126 valence electrons. The summed E-state index contributed by atoms with van der Waals surface area (Å²) in [6, 6.07) is 0.871. The van der Waals surface area contributed by atoms with E-state index in [1.54, 1.807) is 0 Å². The molecule has 22 heavy (non-hydrogen) atoms. The van der Waals surface area contributed by atoms with Gasteiger partial charge in [-0.15, -0.1) is 0 Å². The van der Waals surface area contributed by atoms with Crippen LogP contribution in [0.15, 0.2) is 0 Å². The summed E-state index contributed by atoms with van der Waals surface area (Å²) in [6.07, 6.45) is 9.60. The van der Waals surface area contributed by atoms with Crippen LogP contribution in [-0.2, 0) is 9.53 Å². The van der Waals surface area contributed by atoms with Gasteiger partial charge in [-0.25, -0.2) is 0 Å². The lowest BCUT2D eigenvalue weighted by Crippen LogP contribution is -2.53. The zero-order valence-electron chi connectivity index (χ0n) is 14.1. The summed E-state index contributed by atoms with van der Waals surface area (Å²) in [5.74, 6) is 1.37. The molecule has 3 rings (SSSR count). The molecular formula is C18H32N2O2. The molecule has 0 radical (unpaired) electrons. The van der Waals surface area contributed by atoms with Gasteiger partial charge < -0.3 is 10.1 Å². The standard InChI is InChI=1S/C18H32N2O2/c1-14-6-8-15(9-7-14)19-18(21)16-4-2-3-5-17(16)20-10-12-22-13-11-20/h14-17H,2-13H2,1H3,(H,19,21). The molecule has 3 fully saturated rings. The third kappa shape index (κ3) is 4.02. The summed E-state index contributed by atoms with van der Waals surface area (Å²) in [6.45, 7) is 5.97. The first kappa shape index (κ1) is 16.3. The lowest BCUT2D eigenvalue weighted by Gasteiger charge is -2.41. The number of carbonyl (C=O) groups excluding carboxylic acids is 1. The van der Waals surface area contributed by atoms with Crippen molar-refractivity contribution in [1.29, 1.82) is 0 Å². The Hall–Kier alpha value is -0.610. The molecule has 0 aromatic carbocycles. The van der Waals surface area contributed by atoms with E-state index in [0.29, 0.717) is 18.0 Å². The van der Waals surface area contributed by atoms with E-state index in [9.17, 15) is 4.79 Å². The average molecular weight is 308 g/mol. The Balaban J connectivity index is 1.56. The zero-order valence-corrected chi connectivity index (χ0v) is 14.1. The minimum Gasteiger partial charge on any atom is -0.379 e. The number of hydrogen-bond donors (Lipinski definition) is 1. The van der Waals surface area contributed by atoms with Crippen molar-refractivity contribution in [3.63, 3.8) is 0 Å². The highest BCUT2D eigenvalue weighted by Gasteiger charge is 2.36. The lowest BCUT2D eigenvalue weighted by molar-refractivity contribution is -0.130. The van der Waals surface area contributed by atoms with E-state index in [1.807, 2.05) is 0 Å². The Morgan fingerprint density at radius 3 is 2.41 bits per heavy atom. The molecule has 1 aliphatic heterocycles. The van der Waals surface area contributed by atoms with Gasteiger partial charge in [0.1, 0.15) is 0 Å². The van der Waals surface area contributed by atoms with Crippen molar-refractivity contribution in [3.05, 3.63) is 0 Å². The minimum absolute atomic E-state index is 0.200. The topological polar surface area (TPSA) is 41.6 Å². The van der Waals surface area contributed by atoms with Gasteiger partial charge in [0.2, 0.25) is 5.91 Å². The van der Waals surface area contributed by atoms with Crippen molar-refractivity contribution in [2.75, 3.05) is 26.3 Å². The normalized spacial score (nSPS) is 37.7. The Kier molecular flexibility index (Phi) is 5.75. The fraction of sp³-hybridized carbons (Fsp3) is 0.944. The first-order valence-electron chi connectivity index (χ1n) is 9.36. The molecule has 4 heteroatoms. The highest BCUT2D eigenvalue weighted by atomic mass is 16.5. The molecule has 1 amide bonds. The smallest absolute Gasteiger partial charge is 0.224 e. The molecule has 2 atom stereocenters. The van der Waals surface area contributed by atoms with Crippen LogP contribution in [0.2, 0.25) is 0 Å². The predicted molar refractivity (Wildman–Crippen MR) is 87.7 cm³/mol. The number of ether oxygens (including phenoxy) is 1. The molecule has 0 aromatic rings. The first-order valence-corrected chi connectivity index (χ1v) is 9.36. The van der Waals surface area contributed by atoms with Gasteiger partial charge in [0.05, 0.1) is 19.1 Å². The largest absolute Gasteiger partial charge is 0.379 e. The van der Waals surface area contributed by atoms with Crippen LogP contribution in [0.4, 0.5) is 0 Å². The third-order valence-electron chi connectivity index (χ3n) is 5.94. The number of rotatable bonds is 3. The molecular weight excluding hydrogens is 276 g/mol. The van der Waals surface area contributed by atoms with E-state index in [0.717, 1.165) is 38.6 Å². The predicted octanol–water partition coefficient (Wildman–Crippen LogP) is 2.57. The zero-order chi connectivity index (χ0) is 15.4. The van der Waals surface area contributed by atoms with Crippen LogP contribution in [0, 0.1) is 11.8 Å². The van der Waals surface area contributed by atoms with Gasteiger partial charge in [0.15, 0.2) is 0 Å². The van der Waals surface area contributed by atoms with Crippen LogP contribution in [0.1, 0.15) is 58.3 Å². The third-order valence-corrected chi connectivity index (χ3v) is 5.94. The molecule has 4 nitrogen and oxygen atoms in total. The van der Waals surface area contributed by atoms with E-state index in [4.69, 9.17) is 4.74 Å². The molecule has 3 aliphatic rings. The van der Waals surface area contributed by atoms with E-state index >= 15 is 0 Å². The van der Waals surface area contributed by atoms with Crippen molar-refractivity contribution in [2.45, 2.75) is 70.4 Å². The maximum atomic E-state index is 12.8. The first-order chi connectivity index (χ1) is 10.7. The Morgan fingerprint density at radius 1 is 1.00 bits per heavy atom. The monoisotopic (exact) mass is 308 g/mol. The number of nitrogens with one attached hydrogen (secondary N) is 1. The SMILES string of the molecule is CC1CCC(NC(=O)C2CCCCC2N2CCOCC2)CC1. The average Bonchev–Trinajstić information content (AvgIpc) is 2.58. The number of amides is 1. The van der Waals surface area contributed by atoms with Crippen molar-refractivity contribution in [2.24, 2.45) is 11.8 Å². The second-order valence-electron chi connectivity index (χ2n) is 7.57. The van der Waals surface area contributed by atoms with E-state index in [2.05, 4.69) is 17.1 Å². The summed E-state index contributed by atoms with van der Waals surface area (Å²) in [5, 5.41) is 3.38. The number of morpholine rings is 1. The van der Waals surface area contributed by atoms with E-state index in [1.165, 1.54) is 44.9 Å². The Morgan fingerprint density at radius 2 is 1.68 bits per heavy atom. The molecule has 1 saturated heterocycles. The summed E-state index contributed by atoms with van der Waals surface area (Å²) >= 11 is 0. The Bertz CT molecular complexity index is 360. The maximum Gasteiger partial charge on any atom is 0.224 e. The molecule has 1 heterocycles. The van der Waals surface area contributed by atoms with Crippen molar-refractivity contribution < 1.29 is 9.53 Å². The van der Waals surface area contributed by atoms with Gasteiger partial charge >= 0.3 is 0 Å². The van der Waals surface area contributed by atoms with Crippen molar-refractivity contribution in [1.82, 2.24) is 10.2 Å². The van der Waals surface area contributed by atoms with Crippen LogP contribution in [-0.4, -0.2) is 49.2 Å². The van der Waals surface area contributed by atoms with Crippen molar-refractivity contribution >= 4 is 5.91 Å². The molecule has 2 unspecified atom stereocenters. The fourth-order valence-electron chi connectivity index (χ4n) is 4.48. The Labute approximate surface area is 135 Å². The van der Waals surface area contributed by atoms with Gasteiger partial charge in [-0.2, -0.15) is 0 Å². The van der Waals surface area contributed by atoms with E-state index in [-0.39, 0.29) is 5.92 Å². The van der Waals surface area contributed by atoms with Crippen LogP contribution in [0.5, 0.6) is 0 Å². The minimum atomic E-state index is 0.200. The summed E-state index contributed by atoms with van der Waals surface area (Å²) in [7, 11) is 0. The van der Waals surface area contributed by atoms with E-state index < -0.39 is 0 Å². The highest BCUT2D eigenvalue weighted by Crippen LogP contribution is 2.30. The van der Waals surface area contributed by atoms with Gasteiger partial charge in [-0.3, -0.25) is 9.69 Å². The molecule has 0 aromatic heterocycles. The summed E-state index contributed by atoms with van der Waals surface area (Å²) in [5.41, 5.74) is 0. The highest BCUT2D eigenvalue weighted by molar-refractivity contribution is 5.79. The molecule has 2 saturated carbocycles. The van der Waals surface area contributed by atoms with Crippen molar-refractivity contribution in [3.8, 4) is 0 Å². The molecule has 0 spiro atoms. The maximum absolute atomic E-state index is 12.8. The van der Waals surface area contributed by atoms with Crippen LogP contribution >= 0.6 is 0 Å². The second kappa shape index (κ2) is 7.78. The van der Waals surface area contributed by atoms with Gasteiger partial charge in [0, 0.05) is 25.2 Å². The summed E-state index contributed by atoms with van der Waals surface area (Å²) < 4.78 is 5.48. The number of nitrogens with zero attached hydrogens (tertiary/aromatic N) is 1. The van der Waals surface area contributed by atoms with Crippen LogP contribution < -0.4 is 5.32 Å². The number of hydrogen-bond acceptors (Lipinski definition) is 3. The summed E-state index contributed by atoms with van der Waals surface area (Å²) in [4.78, 5) is 15.3. The quantitative estimate of drug-likeness (QED) is 0.871. The van der Waals surface area contributed by atoms with Crippen LogP contribution in [0.3, 0.4) is 0 Å². The molecule has 2 aliphatic carbocycles. The van der Waals surface area contributed by atoms with Gasteiger partial charge in [0.25, 0.3) is 0 Å². The van der Waals surface area contributed by atoms with Gasteiger partial charge in [-0.05, 0) is 44.4 Å². The second-order valence-corrected chi connectivity index (χ2v) is 7.57. The fourth-order valence-corrected chi connectivity index (χ4v) is 4.48. The molecule has 1 N–H and O–H groups in total. The van der Waals surface area contributed by atoms with Gasteiger partial charge in [-0.1, -0.05) is 19.8 Å². The van der Waals surface area contributed by atoms with Crippen LogP contribution in [0.25, 0.3) is 0 Å². The number of carbonyl (C=O) groups is 1. The molecule has 0 bridgehead atoms. The lowest BCUT2D eigenvalue weighted by atomic mass is 9.81.